The van der Waals surface area contributed by atoms with E-state index in [-0.39, 0.29) is 0 Å². The van der Waals surface area contributed by atoms with Crippen molar-refractivity contribution in [2.45, 2.75) is 110 Å². The zero-order valence-electron chi connectivity index (χ0n) is 19.3. The van der Waals surface area contributed by atoms with Crippen molar-refractivity contribution in [2.75, 3.05) is 0 Å². The third-order valence-electron chi connectivity index (χ3n) is 10.3. The fourth-order valence-corrected chi connectivity index (χ4v) is 9.04. The Morgan fingerprint density at radius 3 is 2.50 bits per heavy atom. The first-order valence-corrected chi connectivity index (χ1v) is 13.2. The normalized spacial score (nSPS) is 46.5. The second-order valence-corrected chi connectivity index (χ2v) is 12.8. The zero-order chi connectivity index (χ0) is 20.1. The van der Waals surface area contributed by atoms with Gasteiger partial charge in [-0.05, 0) is 97.7 Å². The topological polar surface area (TPSA) is 0 Å². The molecule has 3 fully saturated rings. The number of allylic oxidation sites excluding steroid dienone is 1. The minimum absolute atomic E-state index is 0.504. The molecule has 0 aromatic heterocycles. The van der Waals surface area contributed by atoms with Gasteiger partial charge in [0, 0.05) is 5.25 Å². The van der Waals surface area contributed by atoms with E-state index in [1.807, 2.05) is 0 Å². The maximum absolute atomic E-state index is 4.81. The van der Waals surface area contributed by atoms with Crippen molar-refractivity contribution in [3.8, 4) is 0 Å². The quantitative estimate of drug-likeness (QED) is 0.347. The van der Waals surface area contributed by atoms with Crippen molar-refractivity contribution in [1.82, 2.24) is 0 Å². The van der Waals surface area contributed by atoms with Crippen molar-refractivity contribution in [3.05, 3.63) is 11.6 Å². The second-order valence-electron chi connectivity index (χ2n) is 12.2. The molecule has 0 aromatic rings. The Morgan fingerprint density at radius 2 is 1.75 bits per heavy atom. The maximum Gasteiger partial charge on any atom is 0.0199 e. The monoisotopic (exact) mass is 402 g/mol. The molecule has 0 aliphatic heterocycles. The summed E-state index contributed by atoms with van der Waals surface area (Å²) in [6.07, 6.45) is 18.5. The van der Waals surface area contributed by atoms with Gasteiger partial charge in [0.25, 0.3) is 0 Å². The van der Waals surface area contributed by atoms with Gasteiger partial charge >= 0.3 is 0 Å². The van der Waals surface area contributed by atoms with Crippen LogP contribution in [0.4, 0.5) is 0 Å². The Labute approximate surface area is 181 Å². The second kappa shape index (κ2) is 7.97. The predicted octanol–water partition coefficient (Wildman–Crippen LogP) is 8.33. The molecule has 4 rings (SSSR count). The van der Waals surface area contributed by atoms with Crippen molar-refractivity contribution in [3.63, 3.8) is 0 Å². The molecule has 3 saturated carbocycles. The van der Waals surface area contributed by atoms with Crippen molar-refractivity contribution < 1.29 is 0 Å². The van der Waals surface area contributed by atoms with Gasteiger partial charge in [0.2, 0.25) is 0 Å². The van der Waals surface area contributed by atoms with Gasteiger partial charge in [0.15, 0.2) is 0 Å². The number of rotatable bonds is 5. The maximum atomic E-state index is 4.81. The van der Waals surface area contributed by atoms with Gasteiger partial charge in [-0.3, -0.25) is 0 Å². The molecule has 8 atom stereocenters. The number of hydrogen-bond acceptors (Lipinski definition) is 1. The highest BCUT2D eigenvalue weighted by molar-refractivity contribution is 7.81. The standard InChI is InChI=1S/C27H46S/c1-18(2)7-6-8-19(3)23-11-12-24-22-10-9-20-17-21(28)13-15-26(20,4)25(22)14-16-27(23,24)5/h17-19,21-25,28H,6-16H2,1-5H3/t19-,21+,22-,23+,24-,25-,26+,27+/m1/s1. The molecule has 28 heavy (non-hydrogen) atoms. The lowest BCUT2D eigenvalue weighted by molar-refractivity contribution is -0.0590. The minimum atomic E-state index is 0.504. The number of fused-ring (bicyclic) bond motifs is 5. The van der Waals surface area contributed by atoms with Gasteiger partial charge in [-0.25, -0.2) is 0 Å². The molecule has 0 bridgehead atoms. The molecule has 0 heterocycles. The van der Waals surface area contributed by atoms with E-state index in [0.29, 0.717) is 16.1 Å². The lowest BCUT2D eigenvalue weighted by atomic mass is 9.46. The summed E-state index contributed by atoms with van der Waals surface area (Å²) < 4.78 is 0. The fraction of sp³-hybridized carbons (Fsp3) is 0.926. The van der Waals surface area contributed by atoms with E-state index >= 15 is 0 Å². The van der Waals surface area contributed by atoms with Crippen LogP contribution in [0, 0.1) is 46.3 Å². The third-order valence-corrected chi connectivity index (χ3v) is 10.7. The highest BCUT2D eigenvalue weighted by Gasteiger charge is 2.59. The highest BCUT2D eigenvalue weighted by Crippen LogP contribution is 2.67. The van der Waals surface area contributed by atoms with E-state index in [0.717, 1.165) is 35.5 Å². The largest absolute Gasteiger partial charge is 0.172 e. The lowest BCUT2D eigenvalue weighted by Gasteiger charge is -2.59. The SMILES string of the molecule is CC(C)CCC[C@@H](C)[C@@H]1CC[C@@H]2[C@H]3CCC4=C[C@@H](S)CC[C@]4(C)[C@@H]3CC[C@]21C. The van der Waals surface area contributed by atoms with Gasteiger partial charge in [0.1, 0.15) is 0 Å². The molecule has 0 saturated heterocycles. The molecular weight excluding hydrogens is 356 g/mol. The van der Waals surface area contributed by atoms with Gasteiger partial charge in [0.05, 0.1) is 0 Å². The summed E-state index contributed by atoms with van der Waals surface area (Å²) in [4.78, 5) is 0. The Kier molecular flexibility index (Phi) is 6.07. The molecule has 1 heteroatoms. The van der Waals surface area contributed by atoms with Crippen LogP contribution in [-0.4, -0.2) is 5.25 Å². The number of hydrogen-bond donors (Lipinski definition) is 1. The zero-order valence-corrected chi connectivity index (χ0v) is 20.2. The van der Waals surface area contributed by atoms with Crippen molar-refractivity contribution in [2.24, 2.45) is 46.3 Å². The molecular formula is C27H46S. The van der Waals surface area contributed by atoms with Crippen molar-refractivity contribution in [1.29, 1.82) is 0 Å². The molecule has 0 amide bonds. The van der Waals surface area contributed by atoms with E-state index in [4.69, 9.17) is 12.6 Å². The lowest BCUT2D eigenvalue weighted by Crippen LogP contribution is -2.51. The van der Waals surface area contributed by atoms with E-state index in [1.54, 1.807) is 5.57 Å². The summed E-state index contributed by atoms with van der Waals surface area (Å²) in [5.41, 5.74) is 2.93. The van der Waals surface area contributed by atoms with E-state index < -0.39 is 0 Å². The first-order chi connectivity index (χ1) is 13.3. The molecule has 160 valence electrons. The van der Waals surface area contributed by atoms with Crippen LogP contribution in [0.3, 0.4) is 0 Å². The summed E-state index contributed by atoms with van der Waals surface area (Å²) in [5, 5.41) is 0.524. The minimum Gasteiger partial charge on any atom is -0.172 e. The molecule has 0 spiro atoms. The first kappa shape index (κ1) is 21.3. The summed E-state index contributed by atoms with van der Waals surface area (Å²) in [6, 6.07) is 0. The van der Waals surface area contributed by atoms with Gasteiger partial charge in [-0.15, -0.1) is 0 Å². The summed E-state index contributed by atoms with van der Waals surface area (Å²) in [5.74, 6) is 5.76. The van der Waals surface area contributed by atoms with Crippen molar-refractivity contribution >= 4 is 12.6 Å². The van der Waals surface area contributed by atoms with Crippen LogP contribution in [-0.2, 0) is 0 Å². The van der Waals surface area contributed by atoms with E-state index in [9.17, 15) is 0 Å². The fourth-order valence-electron chi connectivity index (χ4n) is 8.73. The molecule has 0 unspecified atom stereocenters. The molecule has 4 aliphatic rings. The molecule has 0 nitrogen and oxygen atoms in total. The van der Waals surface area contributed by atoms with E-state index in [2.05, 4.69) is 40.7 Å². The third kappa shape index (κ3) is 3.54. The van der Waals surface area contributed by atoms with Crippen LogP contribution in [0.15, 0.2) is 11.6 Å². The van der Waals surface area contributed by atoms with Gasteiger partial charge < -0.3 is 0 Å². The van der Waals surface area contributed by atoms with Crippen LogP contribution in [0.25, 0.3) is 0 Å². The van der Waals surface area contributed by atoms with Crippen LogP contribution in [0.2, 0.25) is 0 Å². The Balaban J connectivity index is 1.48. The smallest absolute Gasteiger partial charge is 0.0199 e. The average Bonchev–Trinajstić information content (AvgIpc) is 2.99. The Morgan fingerprint density at radius 1 is 0.964 bits per heavy atom. The van der Waals surface area contributed by atoms with Gasteiger partial charge in [-0.2, -0.15) is 12.6 Å². The first-order valence-electron chi connectivity index (χ1n) is 12.6. The molecule has 0 aromatic carbocycles. The molecule has 0 radical (unpaired) electrons. The van der Waals surface area contributed by atoms with Crippen LogP contribution >= 0.6 is 12.6 Å². The van der Waals surface area contributed by atoms with Crippen LogP contribution in [0.5, 0.6) is 0 Å². The molecule has 4 aliphatic carbocycles. The Hall–Kier alpha value is 0.0900. The van der Waals surface area contributed by atoms with Crippen LogP contribution in [0.1, 0.15) is 105 Å². The Bertz CT molecular complexity index is 591. The summed E-state index contributed by atoms with van der Waals surface area (Å²) >= 11 is 4.81. The van der Waals surface area contributed by atoms with Crippen LogP contribution < -0.4 is 0 Å². The summed E-state index contributed by atoms with van der Waals surface area (Å²) in [6.45, 7) is 12.7. The number of thiol groups is 1. The van der Waals surface area contributed by atoms with E-state index in [1.165, 1.54) is 70.6 Å². The molecule has 0 N–H and O–H groups in total. The van der Waals surface area contributed by atoms with Gasteiger partial charge in [-0.1, -0.05) is 65.5 Å². The predicted molar refractivity (Wildman–Crippen MR) is 126 cm³/mol. The summed E-state index contributed by atoms with van der Waals surface area (Å²) in [7, 11) is 0. The average molecular weight is 403 g/mol. The highest BCUT2D eigenvalue weighted by atomic mass is 32.1.